The topological polar surface area (TPSA) is 53.2 Å². The predicted octanol–water partition coefficient (Wildman–Crippen LogP) is 4.64. The number of nitrogens with one attached hydrogen (secondary N) is 3. The first kappa shape index (κ1) is 19.3. The molecule has 0 radical (unpaired) electrons. The van der Waals surface area contributed by atoms with Gasteiger partial charge in [-0.05, 0) is 54.7 Å². The summed E-state index contributed by atoms with van der Waals surface area (Å²) in [6.45, 7) is 0. The van der Waals surface area contributed by atoms with Crippen molar-refractivity contribution in [2.45, 2.75) is 6.18 Å². The van der Waals surface area contributed by atoms with Crippen LogP contribution in [0.5, 0.6) is 0 Å². The van der Waals surface area contributed by atoms with Crippen LogP contribution in [0, 0.1) is 0 Å². The van der Waals surface area contributed by atoms with Crippen molar-refractivity contribution in [2.24, 2.45) is 0 Å². The van der Waals surface area contributed by atoms with Crippen molar-refractivity contribution in [1.82, 2.24) is 10.9 Å². The lowest BCUT2D eigenvalue weighted by Crippen LogP contribution is -2.43. The fraction of sp³-hybridized carbons (Fsp3) is 0.0667. The summed E-state index contributed by atoms with van der Waals surface area (Å²) >= 11 is 16.2. The van der Waals surface area contributed by atoms with E-state index in [1.807, 2.05) is 0 Å². The second kappa shape index (κ2) is 7.90. The number of alkyl halides is 3. The Morgan fingerprint density at radius 2 is 1.64 bits per heavy atom. The first-order chi connectivity index (χ1) is 11.7. The van der Waals surface area contributed by atoms with E-state index in [2.05, 4.69) is 16.2 Å². The Kier molecular flexibility index (Phi) is 6.10. The first-order valence-electron chi connectivity index (χ1n) is 6.66. The number of hydrogen-bond acceptors (Lipinski definition) is 2. The van der Waals surface area contributed by atoms with Crippen LogP contribution in [-0.4, -0.2) is 11.0 Å². The number of amides is 1. The number of benzene rings is 2. The molecule has 1 amide bonds. The SMILES string of the molecule is O=C(NNC(=S)Nc1ccc(Cl)c(C(F)(F)F)c1)c1ccc(Cl)cc1. The summed E-state index contributed by atoms with van der Waals surface area (Å²) in [6.07, 6.45) is -4.59. The molecule has 0 bridgehead atoms. The van der Waals surface area contributed by atoms with Gasteiger partial charge in [-0.2, -0.15) is 13.2 Å². The number of rotatable bonds is 2. The van der Waals surface area contributed by atoms with Crippen molar-refractivity contribution in [3.05, 3.63) is 63.6 Å². The monoisotopic (exact) mass is 407 g/mol. The molecule has 0 atom stereocenters. The quantitative estimate of drug-likeness (QED) is 0.501. The zero-order valence-electron chi connectivity index (χ0n) is 12.2. The third kappa shape index (κ3) is 5.48. The summed E-state index contributed by atoms with van der Waals surface area (Å²) < 4.78 is 38.4. The number of carbonyl (C=O) groups excluding carboxylic acids is 1. The van der Waals surface area contributed by atoms with E-state index in [4.69, 9.17) is 35.4 Å². The largest absolute Gasteiger partial charge is 0.417 e. The van der Waals surface area contributed by atoms with Crippen molar-refractivity contribution in [2.75, 3.05) is 5.32 Å². The Morgan fingerprint density at radius 1 is 1.00 bits per heavy atom. The van der Waals surface area contributed by atoms with E-state index >= 15 is 0 Å². The molecule has 4 nitrogen and oxygen atoms in total. The molecule has 0 spiro atoms. The van der Waals surface area contributed by atoms with Gasteiger partial charge in [0.15, 0.2) is 5.11 Å². The highest BCUT2D eigenvalue weighted by Gasteiger charge is 2.33. The van der Waals surface area contributed by atoms with E-state index in [0.29, 0.717) is 10.6 Å². The molecule has 25 heavy (non-hydrogen) atoms. The highest BCUT2D eigenvalue weighted by Crippen LogP contribution is 2.36. The Balaban J connectivity index is 1.96. The van der Waals surface area contributed by atoms with Gasteiger partial charge in [0.2, 0.25) is 0 Å². The van der Waals surface area contributed by atoms with Crippen LogP contribution in [0.15, 0.2) is 42.5 Å². The van der Waals surface area contributed by atoms with E-state index in [-0.39, 0.29) is 10.8 Å². The fourth-order valence-electron chi connectivity index (χ4n) is 1.77. The van der Waals surface area contributed by atoms with Crippen LogP contribution >= 0.6 is 35.4 Å². The Labute approximate surface area is 156 Å². The lowest BCUT2D eigenvalue weighted by molar-refractivity contribution is -0.137. The molecule has 0 aliphatic rings. The second-order valence-electron chi connectivity index (χ2n) is 4.73. The molecule has 0 unspecified atom stereocenters. The van der Waals surface area contributed by atoms with Crippen LogP contribution in [0.3, 0.4) is 0 Å². The Morgan fingerprint density at radius 3 is 2.24 bits per heavy atom. The molecule has 0 saturated heterocycles. The third-order valence-corrected chi connectivity index (χ3v) is 3.71. The number of anilines is 1. The van der Waals surface area contributed by atoms with Gasteiger partial charge in [-0.1, -0.05) is 23.2 Å². The number of hydrogen-bond donors (Lipinski definition) is 3. The van der Waals surface area contributed by atoms with E-state index in [1.165, 1.54) is 18.2 Å². The summed E-state index contributed by atoms with van der Waals surface area (Å²) in [5.41, 5.74) is 4.10. The second-order valence-corrected chi connectivity index (χ2v) is 5.98. The highest BCUT2D eigenvalue weighted by atomic mass is 35.5. The van der Waals surface area contributed by atoms with Crippen LogP contribution in [0.2, 0.25) is 10.0 Å². The molecular formula is C15H10Cl2F3N3OS. The molecule has 0 aliphatic heterocycles. The van der Waals surface area contributed by atoms with Crippen LogP contribution in [0.25, 0.3) is 0 Å². The van der Waals surface area contributed by atoms with Gasteiger partial charge in [0.05, 0.1) is 10.6 Å². The zero-order chi connectivity index (χ0) is 18.6. The molecule has 0 fully saturated rings. The van der Waals surface area contributed by atoms with Crippen LogP contribution < -0.4 is 16.2 Å². The molecule has 3 N–H and O–H groups in total. The van der Waals surface area contributed by atoms with Gasteiger partial charge in [0.1, 0.15) is 0 Å². The van der Waals surface area contributed by atoms with Gasteiger partial charge >= 0.3 is 6.18 Å². The molecule has 0 aromatic heterocycles. The van der Waals surface area contributed by atoms with Gasteiger partial charge in [0.25, 0.3) is 5.91 Å². The minimum Gasteiger partial charge on any atom is -0.331 e. The average molecular weight is 408 g/mol. The minimum absolute atomic E-state index is 0.0648. The smallest absolute Gasteiger partial charge is 0.331 e. The summed E-state index contributed by atoms with van der Waals surface area (Å²) in [5, 5.41) is 2.48. The van der Waals surface area contributed by atoms with Crippen molar-refractivity contribution in [1.29, 1.82) is 0 Å². The lowest BCUT2D eigenvalue weighted by Gasteiger charge is -2.14. The molecule has 2 aromatic carbocycles. The molecule has 0 aliphatic carbocycles. The molecule has 0 heterocycles. The lowest BCUT2D eigenvalue weighted by atomic mass is 10.2. The van der Waals surface area contributed by atoms with Crippen LogP contribution in [0.4, 0.5) is 18.9 Å². The van der Waals surface area contributed by atoms with Crippen molar-refractivity contribution < 1.29 is 18.0 Å². The molecule has 2 rings (SSSR count). The van der Waals surface area contributed by atoms with Gasteiger partial charge in [0, 0.05) is 16.3 Å². The van der Waals surface area contributed by atoms with Gasteiger partial charge in [-0.15, -0.1) is 0 Å². The Hall–Kier alpha value is -2.03. The third-order valence-electron chi connectivity index (χ3n) is 2.93. The molecule has 0 saturated carbocycles. The van der Waals surface area contributed by atoms with Crippen molar-refractivity contribution in [3.63, 3.8) is 0 Å². The average Bonchev–Trinajstić information content (AvgIpc) is 2.54. The highest BCUT2D eigenvalue weighted by molar-refractivity contribution is 7.80. The van der Waals surface area contributed by atoms with Crippen molar-refractivity contribution in [3.8, 4) is 0 Å². The van der Waals surface area contributed by atoms with Gasteiger partial charge in [-0.25, -0.2) is 0 Å². The minimum atomic E-state index is -4.59. The molecular weight excluding hydrogens is 398 g/mol. The van der Waals surface area contributed by atoms with Crippen molar-refractivity contribution >= 4 is 52.1 Å². The Bertz CT molecular complexity index is 798. The van der Waals surface area contributed by atoms with E-state index in [1.54, 1.807) is 12.1 Å². The standard InChI is InChI=1S/C15H10Cl2F3N3OS/c16-9-3-1-8(2-4-9)13(24)22-23-14(25)21-10-5-6-12(17)11(7-10)15(18,19)20/h1-7H,(H,22,24)(H2,21,23,25). The molecule has 2 aromatic rings. The fourth-order valence-corrected chi connectivity index (χ4v) is 2.29. The summed E-state index contributed by atoms with van der Waals surface area (Å²) in [5.74, 6) is -0.493. The number of halogens is 5. The first-order valence-corrected chi connectivity index (χ1v) is 7.83. The number of hydrazine groups is 1. The number of thiocarbonyl (C=S) groups is 1. The van der Waals surface area contributed by atoms with Gasteiger partial charge in [-0.3, -0.25) is 15.6 Å². The van der Waals surface area contributed by atoms with Gasteiger partial charge < -0.3 is 5.32 Å². The van der Waals surface area contributed by atoms with Crippen LogP contribution in [0.1, 0.15) is 15.9 Å². The molecule has 10 heteroatoms. The summed E-state index contributed by atoms with van der Waals surface area (Å²) in [4.78, 5) is 11.9. The normalized spacial score (nSPS) is 10.9. The maximum atomic E-state index is 12.8. The van der Waals surface area contributed by atoms with E-state index < -0.39 is 22.7 Å². The maximum Gasteiger partial charge on any atom is 0.417 e. The maximum absolute atomic E-state index is 12.8. The molecule has 132 valence electrons. The summed E-state index contributed by atoms with van der Waals surface area (Å²) in [6, 6.07) is 9.33. The van der Waals surface area contributed by atoms with E-state index in [0.717, 1.165) is 12.1 Å². The summed E-state index contributed by atoms with van der Waals surface area (Å²) in [7, 11) is 0. The van der Waals surface area contributed by atoms with Crippen LogP contribution in [-0.2, 0) is 6.18 Å². The zero-order valence-corrected chi connectivity index (χ0v) is 14.6. The van der Waals surface area contributed by atoms with E-state index in [9.17, 15) is 18.0 Å². The number of carbonyl (C=O) groups is 1. The predicted molar refractivity (Wildman–Crippen MR) is 94.7 cm³/mol.